The Labute approximate surface area is 184 Å². The molecule has 0 aliphatic carbocycles. The SMILES string of the molecule is CCCCN1C(=S)N[C@@H](c2ccccn2)[C@@H]1c1cc(C)n(-c2ccc(C)cc2)c1C. The van der Waals surface area contributed by atoms with E-state index in [1.54, 1.807) is 0 Å². The molecular formula is C25H30N4S. The smallest absolute Gasteiger partial charge is 0.170 e. The summed E-state index contributed by atoms with van der Waals surface area (Å²) < 4.78 is 2.35. The van der Waals surface area contributed by atoms with Crippen molar-refractivity contribution in [3.05, 3.63) is 82.9 Å². The highest BCUT2D eigenvalue weighted by molar-refractivity contribution is 7.80. The lowest BCUT2D eigenvalue weighted by atomic mass is 9.96. The summed E-state index contributed by atoms with van der Waals surface area (Å²) >= 11 is 5.78. The van der Waals surface area contributed by atoms with Gasteiger partial charge in [-0.05, 0) is 75.3 Å². The van der Waals surface area contributed by atoms with Crippen LogP contribution in [0.1, 0.15) is 60.1 Å². The standard InChI is InChI=1S/C25H30N4S/c1-5-6-15-28-24(23(27-25(28)30)22-9-7-8-14-26-22)21-16-18(3)29(19(21)4)20-12-10-17(2)11-13-20/h7-14,16,23-24H,5-6,15H2,1-4H3,(H,27,30)/t23-,24-/m0/s1. The van der Waals surface area contributed by atoms with Crippen LogP contribution in [-0.2, 0) is 0 Å². The number of hydrogen-bond acceptors (Lipinski definition) is 2. The Balaban J connectivity index is 1.81. The van der Waals surface area contributed by atoms with E-state index in [1.165, 1.54) is 28.2 Å². The third-order valence-corrected chi connectivity index (χ3v) is 6.38. The third-order valence-electron chi connectivity index (χ3n) is 6.03. The molecule has 1 aliphatic rings. The predicted octanol–water partition coefficient (Wildman–Crippen LogP) is 5.57. The molecule has 0 radical (unpaired) electrons. The summed E-state index contributed by atoms with van der Waals surface area (Å²) in [6.07, 6.45) is 4.12. The van der Waals surface area contributed by atoms with E-state index >= 15 is 0 Å². The van der Waals surface area contributed by atoms with Crippen molar-refractivity contribution < 1.29 is 0 Å². The quantitative estimate of drug-likeness (QED) is 0.531. The van der Waals surface area contributed by atoms with Crippen molar-refractivity contribution in [2.24, 2.45) is 0 Å². The Kier molecular flexibility index (Phi) is 5.91. The summed E-state index contributed by atoms with van der Waals surface area (Å²) in [5.74, 6) is 0. The summed E-state index contributed by atoms with van der Waals surface area (Å²) in [6, 6.07) is 17.3. The van der Waals surface area contributed by atoms with Crippen molar-refractivity contribution in [2.75, 3.05) is 6.54 Å². The molecule has 1 N–H and O–H groups in total. The van der Waals surface area contributed by atoms with Crippen LogP contribution in [0, 0.1) is 20.8 Å². The molecule has 0 spiro atoms. The summed E-state index contributed by atoms with van der Waals surface area (Å²) in [6.45, 7) is 9.70. The van der Waals surface area contributed by atoms with Gasteiger partial charge in [0.2, 0.25) is 0 Å². The van der Waals surface area contributed by atoms with Gasteiger partial charge >= 0.3 is 0 Å². The maximum Gasteiger partial charge on any atom is 0.170 e. The summed E-state index contributed by atoms with van der Waals surface area (Å²) in [5, 5.41) is 4.39. The second-order valence-electron chi connectivity index (χ2n) is 8.17. The summed E-state index contributed by atoms with van der Waals surface area (Å²) in [7, 11) is 0. The molecule has 5 heteroatoms. The first kappa shape index (κ1) is 20.6. The van der Waals surface area contributed by atoms with Crippen LogP contribution in [0.15, 0.2) is 54.7 Å². The van der Waals surface area contributed by atoms with Gasteiger partial charge in [0, 0.05) is 29.8 Å². The molecule has 2 atom stereocenters. The van der Waals surface area contributed by atoms with Gasteiger partial charge in [-0.2, -0.15) is 0 Å². The Morgan fingerprint density at radius 2 is 1.83 bits per heavy atom. The van der Waals surface area contributed by atoms with Crippen molar-refractivity contribution in [1.29, 1.82) is 0 Å². The number of benzene rings is 1. The van der Waals surface area contributed by atoms with Gasteiger partial charge in [-0.1, -0.05) is 37.1 Å². The highest BCUT2D eigenvalue weighted by atomic mass is 32.1. The van der Waals surface area contributed by atoms with Crippen molar-refractivity contribution in [3.8, 4) is 5.69 Å². The second kappa shape index (κ2) is 8.60. The maximum absolute atomic E-state index is 5.78. The number of nitrogens with zero attached hydrogens (tertiary/aromatic N) is 3. The minimum atomic E-state index is 0.0440. The van der Waals surface area contributed by atoms with Gasteiger partial charge in [0.05, 0.1) is 17.8 Å². The van der Waals surface area contributed by atoms with E-state index in [-0.39, 0.29) is 12.1 Å². The lowest BCUT2D eigenvalue weighted by Gasteiger charge is -2.28. The molecule has 156 valence electrons. The molecular weight excluding hydrogens is 388 g/mol. The fourth-order valence-electron chi connectivity index (χ4n) is 4.49. The van der Waals surface area contributed by atoms with Crippen LogP contribution in [-0.4, -0.2) is 26.1 Å². The fraction of sp³-hybridized carbons (Fsp3) is 0.360. The molecule has 2 aromatic heterocycles. The topological polar surface area (TPSA) is 33.1 Å². The molecule has 1 saturated heterocycles. The Hall–Kier alpha value is -2.66. The third kappa shape index (κ3) is 3.74. The van der Waals surface area contributed by atoms with E-state index in [9.17, 15) is 0 Å². The van der Waals surface area contributed by atoms with Crippen LogP contribution in [0.5, 0.6) is 0 Å². The minimum absolute atomic E-state index is 0.0440. The summed E-state index contributed by atoms with van der Waals surface area (Å²) in [4.78, 5) is 7.02. The summed E-state index contributed by atoms with van der Waals surface area (Å²) in [5.41, 5.74) is 7.31. The molecule has 0 unspecified atom stereocenters. The lowest BCUT2D eigenvalue weighted by molar-refractivity contribution is 0.312. The number of hydrogen-bond donors (Lipinski definition) is 1. The van der Waals surface area contributed by atoms with Crippen LogP contribution in [0.4, 0.5) is 0 Å². The number of pyridine rings is 1. The fourth-order valence-corrected chi connectivity index (χ4v) is 4.82. The molecule has 0 saturated carbocycles. The molecule has 4 rings (SSSR count). The molecule has 0 bridgehead atoms. The Bertz CT molecular complexity index is 1020. The van der Waals surface area contributed by atoms with Gasteiger partial charge in [0.1, 0.15) is 0 Å². The van der Waals surface area contributed by atoms with Gasteiger partial charge in [-0.15, -0.1) is 0 Å². The molecule has 0 amide bonds. The second-order valence-corrected chi connectivity index (χ2v) is 8.56. The number of rotatable bonds is 6. The Morgan fingerprint density at radius 3 is 2.50 bits per heavy atom. The van der Waals surface area contributed by atoms with Gasteiger partial charge in [0.25, 0.3) is 0 Å². The highest BCUT2D eigenvalue weighted by Crippen LogP contribution is 2.41. The minimum Gasteiger partial charge on any atom is -0.352 e. The first-order valence-corrected chi connectivity index (χ1v) is 11.2. The maximum atomic E-state index is 5.78. The van der Waals surface area contributed by atoms with Crippen molar-refractivity contribution in [3.63, 3.8) is 0 Å². The Morgan fingerprint density at radius 1 is 1.07 bits per heavy atom. The van der Waals surface area contributed by atoms with E-state index in [0.717, 1.165) is 30.2 Å². The number of thiocarbonyl (C=S) groups is 1. The number of aromatic nitrogens is 2. The monoisotopic (exact) mass is 418 g/mol. The highest BCUT2D eigenvalue weighted by Gasteiger charge is 2.41. The van der Waals surface area contributed by atoms with Crippen LogP contribution in [0.2, 0.25) is 0 Å². The van der Waals surface area contributed by atoms with Gasteiger partial charge in [-0.25, -0.2) is 0 Å². The zero-order valence-electron chi connectivity index (χ0n) is 18.2. The average Bonchev–Trinajstić information content (AvgIpc) is 3.23. The van der Waals surface area contributed by atoms with Gasteiger partial charge in [0.15, 0.2) is 5.11 Å². The molecule has 1 fully saturated rings. The lowest BCUT2D eigenvalue weighted by Crippen LogP contribution is -2.30. The first-order chi connectivity index (χ1) is 14.5. The van der Waals surface area contributed by atoms with Crippen molar-refractivity contribution >= 4 is 17.3 Å². The van der Waals surface area contributed by atoms with Gasteiger partial charge < -0.3 is 14.8 Å². The van der Waals surface area contributed by atoms with Crippen LogP contribution >= 0.6 is 12.2 Å². The molecule has 3 heterocycles. The molecule has 4 nitrogen and oxygen atoms in total. The zero-order valence-corrected chi connectivity index (χ0v) is 19.0. The number of nitrogens with one attached hydrogen (secondary N) is 1. The molecule has 1 aliphatic heterocycles. The van der Waals surface area contributed by atoms with E-state index < -0.39 is 0 Å². The van der Waals surface area contributed by atoms with Crippen molar-refractivity contribution in [1.82, 2.24) is 19.8 Å². The van der Waals surface area contributed by atoms with E-state index in [4.69, 9.17) is 12.2 Å². The molecule has 3 aromatic rings. The van der Waals surface area contributed by atoms with E-state index in [0.29, 0.717) is 0 Å². The van der Waals surface area contributed by atoms with Crippen LogP contribution in [0.3, 0.4) is 0 Å². The first-order valence-electron chi connectivity index (χ1n) is 10.7. The van der Waals surface area contributed by atoms with E-state index in [2.05, 4.69) is 89.9 Å². The largest absolute Gasteiger partial charge is 0.352 e. The zero-order chi connectivity index (χ0) is 21.3. The van der Waals surface area contributed by atoms with Crippen molar-refractivity contribution in [2.45, 2.75) is 52.6 Å². The molecule has 1 aromatic carbocycles. The van der Waals surface area contributed by atoms with Crippen LogP contribution in [0.25, 0.3) is 5.69 Å². The predicted molar refractivity (Wildman–Crippen MR) is 127 cm³/mol. The van der Waals surface area contributed by atoms with E-state index in [1.807, 2.05) is 12.3 Å². The van der Waals surface area contributed by atoms with Gasteiger partial charge in [-0.3, -0.25) is 4.98 Å². The number of aryl methyl sites for hydroxylation is 2. The molecule has 30 heavy (non-hydrogen) atoms. The van der Waals surface area contributed by atoms with Crippen LogP contribution < -0.4 is 5.32 Å². The average molecular weight is 419 g/mol. The normalized spacial score (nSPS) is 18.7. The number of unbranched alkanes of at least 4 members (excludes halogenated alkanes) is 1.